The van der Waals surface area contributed by atoms with Crippen LogP contribution in [-0.2, 0) is 4.79 Å². The standard InChI is InChI=1S/C16H30N2O/c1-11-5-4-6-14(9-11)18(3)16(19)13-8-7-12(2)15(17)10-13/h11-15H,4-10,17H2,1-3H3. The van der Waals surface area contributed by atoms with E-state index in [1.807, 2.05) is 11.9 Å². The highest BCUT2D eigenvalue weighted by atomic mass is 16.2. The van der Waals surface area contributed by atoms with E-state index in [-0.39, 0.29) is 12.0 Å². The zero-order valence-corrected chi connectivity index (χ0v) is 12.8. The van der Waals surface area contributed by atoms with Crippen LogP contribution < -0.4 is 5.73 Å². The van der Waals surface area contributed by atoms with Crippen LogP contribution in [0.1, 0.15) is 58.8 Å². The molecule has 0 bridgehead atoms. The fourth-order valence-corrected chi connectivity index (χ4v) is 3.80. The van der Waals surface area contributed by atoms with Gasteiger partial charge in [0.1, 0.15) is 0 Å². The van der Waals surface area contributed by atoms with Gasteiger partial charge in [0, 0.05) is 25.0 Å². The predicted octanol–water partition coefficient (Wildman–Crippen LogP) is 2.79. The Kier molecular flexibility index (Phi) is 4.88. The maximum Gasteiger partial charge on any atom is 0.225 e. The third-order valence-electron chi connectivity index (χ3n) is 5.41. The normalized spacial score (nSPS) is 39.9. The zero-order valence-electron chi connectivity index (χ0n) is 12.8. The lowest BCUT2D eigenvalue weighted by Gasteiger charge is -2.38. The molecule has 0 spiro atoms. The molecule has 2 rings (SSSR count). The van der Waals surface area contributed by atoms with Gasteiger partial charge < -0.3 is 10.6 Å². The number of carbonyl (C=O) groups excluding carboxylic acids is 1. The van der Waals surface area contributed by atoms with Crippen molar-refractivity contribution in [2.24, 2.45) is 23.5 Å². The molecule has 2 aliphatic carbocycles. The Morgan fingerprint density at radius 2 is 1.84 bits per heavy atom. The van der Waals surface area contributed by atoms with Crippen LogP contribution in [0.25, 0.3) is 0 Å². The van der Waals surface area contributed by atoms with Gasteiger partial charge in [0.2, 0.25) is 5.91 Å². The minimum atomic E-state index is 0.174. The van der Waals surface area contributed by atoms with Gasteiger partial charge in [0.05, 0.1) is 0 Å². The van der Waals surface area contributed by atoms with E-state index in [2.05, 4.69) is 13.8 Å². The molecule has 2 N–H and O–H groups in total. The molecule has 0 aromatic heterocycles. The Bertz CT molecular complexity index is 318. The van der Waals surface area contributed by atoms with Crippen molar-refractivity contribution < 1.29 is 4.79 Å². The molecule has 0 saturated heterocycles. The second-order valence-electron chi connectivity index (χ2n) is 7.03. The number of rotatable bonds is 2. The SMILES string of the molecule is CC1CCCC(N(C)C(=O)C2CCC(C)C(N)C2)C1. The molecule has 0 aromatic carbocycles. The molecule has 2 fully saturated rings. The van der Waals surface area contributed by atoms with E-state index in [4.69, 9.17) is 5.73 Å². The van der Waals surface area contributed by atoms with Crippen molar-refractivity contribution in [1.29, 1.82) is 0 Å². The summed E-state index contributed by atoms with van der Waals surface area (Å²) in [6.07, 6.45) is 7.97. The second kappa shape index (κ2) is 6.25. The van der Waals surface area contributed by atoms with E-state index in [1.54, 1.807) is 0 Å². The lowest BCUT2D eigenvalue weighted by Crippen LogP contribution is -2.46. The number of nitrogens with zero attached hydrogens (tertiary/aromatic N) is 1. The van der Waals surface area contributed by atoms with Crippen molar-refractivity contribution in [3.8, 4) is 0 Å². The van der Waals surface area contributed by atoms with Crippen molar-refractivity contribution in [2.45, 2.75) is 70.9 Å². The van der Waals surface area contributed by atoms with Gasteiger partial charge in [-0.2, -0.15) is 0 Å². The molecular formula is C16H30N2O. The van der Waals surface area contributed by atoms with Gasteiger partial charge in [-0.1, -0.05) is 26.7 Å². The molecule has 0 heterocycles. The maximum atomic E-state index is 12.6. The third-order valence-corrected chi connectivity index (χ3v) is 5.41. The smallest absolute Gasteiger partial charge is 0.225 e. The summed E-state index contributed by atoms with van der Waals surface area (Å²) in [4.78, 5) is 14.7. The van der Waals surface area contributed by atoms with Crippen LogP contribution in [0.15, 0.2) is 0 Å². The number of hydrogen-bond acceptors (Lipinski definition) is 2. The van der Waals surface area contributed by atoms with Crippen molar-refractivity contribution in [3.63, 3.8) is 0 Å². The monoisotopic (exact) mass is 266 g/mol. The number of nitrogens with two attached hydrogens (primary N) is 1. The molecule has 0 aliphatic heterocycles. The summed E-state index contributed by atoms with van der Waals surface area (Å²) in [5, 5.41) is 0. The number of carbonyl (C=O) groups is 1. The first kappa shape index (κ1) is 14.8. The van der Waals surface area contributed by atoms with E-state index in [1.165, 1.54) is 25.7 Å². The summed E-state index contributed by atoms with van der Waals surface area (Å²) in [7, 11) is 2.01. The van der Waals surface area contributed by atoms with Crippen molar-refractivity contribution >= 4 is 5.91 Å². The van der Waals surface area contributed by atoms with Crippen LogP contribution in [0.4, 0.5) is 0 Å². The minimum absolute atomic E-state index is 0.174. The maximum absolute atomic E-state index is 12.6. The molecule has 110 valence electrons. The first-order valence-electron chi connectivity index (χ1n) is 8.01. The molecule has 3 nitrogen and oxygen atoms in total. The van der Waals surface area contributed by atoms with Crippen LogP contribution in [0, 0.1) is 17.8 Å². The highest BCUT2D eigenvalue weighted by molar-refractivity contribution is 5.79. The Hall–Kier alpha value is -0.570. The number of amides is 1. The van der Waals surface area contributed by atoms with Crippen LogP contribution >= 0.6 is 0 Å². The predicted molar refractivity (Wildman–Crippen MR) is 78.7 cm³/mol. The van der Waals surface area contributed by atoms with E-state index >= 15 is 0 Å². The number of hydrogen-bond donors (Lipinski definition) is 1. The van der Waals surface area contributed by atoms with Crippen LogP contribution in [0.3, 0.4) is 0 Å². The van der Waals surface area contributed by atoms with Gasteiger partial charge in [0.25, 0.3) is 0 Å². The highest BCUT2D eigenvalue weighted by Gasteiger charge is 2.34. The second-order valence-corrected chi connectivity index (χ2v) is 7.03. The van der Waals surface area contributed by atoms with Crippen LogP contribution in [0.5, 0.6) is 0 Å². The van der Waals surface area contributed by atoms with E-state index in [0.717, 1.165) is 25.2 Å². The largest absolute Gasteiger partial charge is 0.343 e. The van der Waals surface area contributed by atoms with Crippen molar-refractivity contribution in [1.82, 2.24) is 4.90 Å². The molecule has 1 amide bonds. The Balaban J connectivity index is 1.91. The molecule has 3 heteroatoms. The Labute approximate surface area is 117 Å². The first-order chi connectivity index (χ1) is 8.99. The highest BCUT2D eigenvalue weighted by Crippen LogP contribution is 2.32. The Morgan fingerprint density at radius 1 is 1.11 bits per heavy atom. The van der Waals surface area contributed by atoms with Gasteiger partial charge >= 0.3 is 0 Å². The Morgan fingerprint density at radius 3 is 2.47 bits per heavy atom. The lowest BCUT2D eigenvalue weighted by atomic mass is 9.78. The van der Waals surface area contributed by atoms with Gasteiger partial charge in [-0.3, -0.25) is 4.79 Å². The van der Waals surface area contributed by atoms with E-state index in [9.17, 15) is 4.79 Å². The van der Waals surface area contributed by atoms with Crippen LogP contribution in [0.2, 0.25) is 0 Å². The summed E-state index contributed by atoms with van der Waals surface area (Å²) >= 11 is 0. The summed E-state index contributed by atoms with van der Waals surface area (Å²) in [6.45, 7) is 4.51. The molecule has 5 atom stereocenters. The quantitative estimate of drug-likeness (QED) is 0.835. The molecular weight excluding hydrogens is 236 g/mol. The lowest BCUT2D eigenvalue weighted by molar-refractivity contribution is -0.138. The molecule has 0 radical (unpaired) electrons. The van der Waals surface area contributed by atoms with E-state index < -0.39 is 0 Å². The summed E-state index contributed by atoms with van der Waals surface area (Å²) < 4.78 is 0. The van der Waals surface area contributed by atoms with Gasteiger partial charge in [0.15, 0.2) is 0 Å². The van der Waals surface area contributed by atoms with Crippen molar-refractivity contribution in [2.75, 3.05) is 7.05 Å². The summed E-state index contributed by atoms with van der Waals surface area (Å²) in [5.41, 5.74) is 6.14. The first-order valence-corrected chi connectivity index (χ1v) is 8.01. The topological polar surface area (TPSA) is 46.3 Å². The average molecular weight is 266 g/mol. The fourth-order valence-electron chi connectivity index (χ4n) is 3.80. The molecule has 2 aliphatic rings. The molecule has 2 saturated carbocycles. The van der Waals surface area contributed by atoms with E-state index in [0.29, 0.717) is 17.9 Å². The van der Waals surface area contributed by atoms with Gasteiger partial charge in [-0.25, -0.2) is 0 Å². The average Bonchev–Trinajstić information content (AvgIpc) is 2.40. The molecule has 0 aromatic rings. The van der Waals surface area contributed by atoms with Gasteiger partial charge in [-0.15, -0.1) is 0 Å². The van der Waals surface area contributed by atoms with Gasteiger partial charge in [-0.05, 0) is 43.9 Å². The third kappa shape index (κ3) is 3.50. The summed E-state index contributed by atoms with van der Waals surface area (Å²) in [5.74, 6) is 1.86. The van der Waals surface area contributed by atoms with Crippen molar-refractivity contribution in [3.05, 3.63) is 0 Å². The molecule has 5 unspecified atom stereocenters. The zero-order chi connectivity index (χ0) is 14.0. The van der Waals surface area contributed by atoms with Crippen LogP contribution in [-0.4, -0.2) is 29.9 Å². The summed E-state index contributed by atoms with van der Waals surface area (Å²) in [6, 6.07) is 0.674. The fraction of sp³-hybridized carbons (Fsp3) is 0.938. The minimum Gasteiger partial charge on any atom is -0.343 e. The molecule has 19 heavy (non-hydrogen) atoms.